The van der Waals surface area contributed by atoms with Crippen LogP contribution in [0.25, 0.3) is 11.4 Å². The monoisotopic (exact) mass is 258 g/mol. The Morgan fingerprint density at radius 1 is 1.32 bits per heavy atom. The predicted octanol–water partition coefficient (Wildman–Crippen LogP) is 2.96. The number of H-pyrrole nitrogens is 1. The van der Waals surface area contributed by atoms with Gasteiger partial charge in [-0.25, -0.2) is 4.98 Å². The number of benzene rings is 1. The minimum Gasteiger partial charge on any atom is -0.481 e. The number of carboxylic acids is 1. The predicted molar refractivity (Wildman–Crippen MR) is 74.1 cm³/mol. The summed E-state index contributed by atoms with van der Waals surface area (Å²) in [5.41, 5.74) is 4.09. The van der Waals surface area contributed by atoms with E-state index >= 15 is 0 Å². The van der Waals surface area contributed by atoms with Gasteiger partial charge in [-0.1, -0.05) is 31.2 Å². The summed E-state index contributed by atoms with van der Waals surface area (Å²) >= 11 is 0. The first-order chi connectivity index (χ1) is 9.10. The highest BCUT2D eigenvalue weighted by molar-refractivity contribution is 5.67. The van der Waals surface area contributed by atoms with Crippen molar-refractivity contribution in [3.8, 4) is 11.4 Å². The van der Waals surface area contributed by atoms with Gasteiger partial charge in [0.05, 0.1) is 12.1 Å². The Morgan fingerprint density at radius 2 is 2.00 bits per heavy atom. The van der Waals surface area contributed by atoms with E-state index in [0.717, 1.165) is 29.2 Å². The summed E-state index contributed by atoms with van der Waals surface area (Å²) in [5, 5.41) is 8.71. The highest BCUT2D eigenvalue weighted by atomic mass is 16.4. The smallest absolute Gasteiger partial charge is 0.303 e. The molecule has 0 aliphatic rings. The Kier molecular flexibility index (Phi) is 4.00. The van der Waals surface area contributed by atoms with Gasteiger partial charge in [-0.3, -0.25) is 4.79 Å². The van der Waals surface area contributed by atoms with Crippen molar-refractivity contribution in [2.45, 2.75) is 33.1 Å². The molecule has 0 aliphatic carbocycles. The van der Waals surface area contributed by atoms with Crippen LogP contribution >= 0.6 is 0 Å². The van der Waals surface area contributed by atoms with Gasteiger partial charge in [0.25, 0.3) is 0 Å². The summed E-state index contributed by atoms with van der Waals surface area (Å²) < 4.78 is 0. The standard InChI is InChI=1S/C15H18N2O2/c1-3-11-4-6-12(7-5-11)15-16-10(2)13(17-15)8-9-14(18)19/h4-7H,3,8-9H2,1-2H3,(H,16,17)(H,18,19). The molecule has 0 radical (unpaired) electrons. The lowest BCUT2D eigenvalue weighted by Gasteiger charge is -1.99. The van der Waals surface area contributed by atoms with Gasteiger partial charge in [0, 0.05) is 17.7 Å². The number of imidazole rings is 1. The van der Waals surface area contributed by atoms with E-state index in [-0.39, 0.29) is 6.42 Å². The molecule has 0 spiro atoms. The van der Waals surface area contributed by atoms with Gasteiger partial charge >= 0.3 is 5.97 Å². The average molecular weight is 258 g/mol. The van der Waals surface area contributed by atoms with Crippen LogP contribution in [0.5, 0.6) is 0 Å². The van der Waals surface area contributed by atoms with Crippen LogP contribution in [0, 0.1) is 6.92 Å². The zero-order chi connectivity index (χ0) is 13.8. The lowest BCUT2D eigenvalue weighted by molar-refractivity contribution is -0.136. The second kappa shape index (κ2) is 5.69. The van der Waals surface area contributed by atoms with E-state index in [4.69, 9.17) is 5.11 Å². The van der Waals surface area contributed by atoms with E-state index in [1.807, 2.05) is 19.1 Å². The van der Waals surface area contributed by atoms with Crippen molar-refractivity contribution in [1.29, 1.82) is 0 Å². The summed E-state index contributed by atoms with van der Waals surface area (Å²) in [7, 11) is 0. The summed E-state index contributed by atoms with van der Waals surface area (Å²) in [5.74, 6) is 0.0109. The molecule has 4 heteroatoms. The number of hydrogen-bond donors (Lipinski definition) is 2. The molecule has 0 bridgehead atoms. The maximum absolute atomic E-state index is 10.6. The summed E-state index contributed by atoms with van der Waals surface area (Å²) in [6.07, 6.45) is 1.59. The molecule has 0 amide bonds. The molecule has 0 atom stereocenters. The van der Waals surface area contributed by atoms with Crippen molar-refractivity contribution in [1.82, 2.24) is 9.97 Å². The normalized spacial score (nSPS) is 10.6. The van der Waals surface area contributed by atoms with Crippen LogP contribution in [-0.4, -0.2) is 21.0 Å². The second-order valence-corrected chi connectivity index (χ2v) is 4.60. The molecule has 2 aromatic rings. The highest BCUT2D eigenvalue weighted by Crippen LogP contribution is 2.19. The van der Waals surface area contributed by atoms with Gasteiger partial charge in [-0.2, -0.15) is 0 Å². The van der Waals surface area contributed by atoms with Crippen LogP contribution in [0.3, 0.4) is 0 Å². The number of carboxylic acid groups (broad SMARTS) is 1. The van der Waals surface area contributed by atoms with Gasteiger partial charge in [-0.15, -0.1) is 0 Å². The van der Waals surface area contributed by atoms with Gasteiger partial charge in [0.15, 0.2) is 0 Å². The largest absolute Gasteiger partial charge is 0.481 e. The first-order valence-corrected chi connectivity index (χ1v) is 6.46. The number of rotatable bonds is 5. The van der Waals surface area contributed by atoms with E-state index in [1.165, 1.54) is 5.56 Å². The topological polar surface area (TPSA) is 66.0 Å². The number of aliphatic carboxylic acids is 1. The average Bonchev–Trinajstić information content (AvgIpc) is 2.78. The fourth-order valence-electron chi connectivity index (χ4n) is 2.00. The number of nitrogens with zero attached hydrogens (tertiary/aromatic N) is 1. The molecule has 2 N–H and O–H groups in total. The Labute approximate surface area is 112 Å². The number of carbonyl (C=O) groups is 1. The SMILES string of the molecule is CCc1ccc(-c2nc(CCC(=O)O)c(C)[nH]2)cc1. The van der Waals surface area contributed by atoms with Crippen LogP contribution in [0.1, 0.15) is 30.3 Å². The van der Waals surface area contributed by atoms with Crippen molar-refractivity contribution in [2.75, 3.05) is 0 Å². The van der Waals surface area contributed by atoms with Crippen molar-refractivity contribution < 1.29 is 9.90 Å². The van der Waals surface area contributed by atoms with Gasteiger partial charge in [-0.05, 0) is 18.9 Å². The van der Waals surface area contributed by atoms with Crippen LogP contribution < -0.4 is 0 Å². The maximum atomic E-state index is 10.6. The number of nitrogens with one attached hydrogen (secondary N) is 1. The zero-order valence-electron chi connectivity index (χ0n) is 11.2. The minimum atomic E-state index is -0.795. The lowest BCUT2D eigenvalue weighted by Crippen LogP contribution is -1.98. The molecule has 100 valence electrons. The van der Waals surface area contributed by atoms with E-state index < -0.39 is 5.97 Å². The van der Waals surface area contributed by atoms with Crippen molar-refractivity contribution in [2.24, 2.45) is 0 Å². The van der Waals surface area contributed by atoms with Crippen LogP contribution in [0.15, 0.2) is 24.3 Å². The first kappa shape index (κ1) is 13.3. The molecule has 0 saturated heterocycles. The molecule has 0 fully saturated rings. The summed E-state index contributed by atoms with van der Waals surface area (Å²) in [6, 6.07) is 8.25. The Hall–Kier alpha value is -2.10. The number of hydrogen-bond acceptors (Lipinski definition) is 2. The molecule has 1 aromatic heterocycles. The Balaban J connectivity index is 2.20. The van der Waals surface area contributed by atoms with E-state index in [9.17, 15) is 4.79 Å². The van der Waals surface area contributed by atoms with Gasteiger partial charge in [0.1, 0.15) is 5.82 Å². The van der Waals surface area contributed by atoms with E-state index in [1.54, 1.807) is 0 Å². The van der Waals surface area contributed by atoms with Crippen molar-refractivity contribution in [3.05, 3.63) is 41.2 Å². The summed E-state index contributed by atoms with van der Waals surface area (Å²) in [6.45, 7) is 4.05. The summed E-state index contributed by atoms with van der Waals surface area (Å²) in [4.78, 5) is 18.3. The molecule has 4 nitrogen and oxygen atoms in total. The quantitative estimate of drug-likeness (QED) is 0.866. The molecule has 1 aromatic carbocycles. The fraction of sp³-hybridized carbons (Fsp3) is 0.333. The Morgan fingerprint density at radius 3 is 2.58 bits per heavy atom. The lowest BCUT2D eigenvalue weighted by atomic mass is 10.1. The third-order valence-electron chi connectivity index (χ3n) is 3.20. The molecule has 19 heavy (non-hydrogen) atoms. The molecular formula is C15H18N2O2. The third-order valence-corrected chi connectivity index (χ3v) is 3.20. The van der Waals surface area contributed by atoms with E-state index in [2.05, 4.69) is 29.0 Å². The van der Waals surface area contributed by atoms with Crippen molar-refractivity contribution in [3.63, 3.8) is 0 Å². The van der Waals surface area contributed by atoms with Crippen LogP contribution in [0.4, 0.5) is 0 Å². The fourth-order valence-corrected chi connectivity index (χ4v) is 2.00. The van der Waals surface area contributed by atoms with Crippen molar-refractivity contribution >= 4 is 5.97 Å². The molecule has 0 saturated carbocycles. The Bertz CT molecular complexity index is 570. The number of aromatic nitrogens is 2. The van der Waals surface area contributed by atoms with Crippen LogP contribution in [0.2, 0.25) is 0 Å². The van der Waals surface area contributed by atoms with Gasteiger partial charge < -0.3 is 10.1 Å². The van der Waals surface area contributed by atoms with E-state index in [0.29, 0.717) is 6.42 Å². The highest BCUT2D eigenvalue weighted by Gasteiger charge is 2.09. The molecule has 0 aliphatic heterocycles. The second-order valence-electron chi connectivity index (χ2n) is 4.60. The van der Waals surface area contributed by atoms with Gasteiger partial charge in [0.2, 0.25) is 0 Å². The van der Waals surface area contributed by atoms with Crippen LogP contribution in [-0.2, 0) is 17.6 Å². The molecule has 2 rings (SSSR count). The minimum absolute atomic E-state index is 0.111. The maximum Gasteiger partial charge on any atom is 0.303 e. The molecular weight excluding hydrogens is 240 g/mol. The first-order valence-electron chi connectivity index (χ1n) is 6.46. The number of aromatic amines is 1. The zero-order valence-corrected chi connectivity index (χ0v) is 11.2. The molecule has 1 heterocycles. The molecule has 0 unspecified atom stereocenters. The third kappa shape index (κ3) is 3.22. The number of aryl methyl sites for hydroxylation is 3.